The Hall–Kier alpha value is -0.680. The average Bonchev–Trinajstić information content (AvgIpc) is 2.53. The third kappa shape index (κ3) is 2.38. The van der Waals surface area contributed by atoms with Gasteiger partial charge in [0.25, 0.3) is 4.84 Å². The van der Waals surface area contributed by atoms with E-state index in [1.165, 1.54) is 12.8 Å². The fourth-order valence-electron chi connectivity index (χ4n) is 1.69. The molecule has 0 saturated carbocycles. The molecule has 0 spiro atoms. The molecular formula is C8H13N3OS. The van der Waals surface area contributed by atoms with E-state index in [0.717, 1.165) is 25.4 Å². The quantitative estimate of drug-likeness (QED) is 0.704. The van der Waals surface area contributed by atoms with Crippen LogP contribution < -0.4 is 5.32 Å². The number of aromatic nitrogens is 2. The van der Waals surface area contributed by atoms with Gasteiger partial charge in [-0.3, -0.25) is 0 Å². The molecule has 1 aliphatic heterocycles. The van der Waals surface area contributed by atoms with Gasteiger partial charge in [0.05, 0.1) is 0 Å². The van der Waals surface area contributed by atoms with Gasteiger partial charge in [0.1, 0.15) is 0 Å². The molecule has 0 bridgehead atoms. The second kappa shape index (κ2) is 4.02. The number of nitrogens with one attached hydrogen (secondary N) is 2. The first-order valence-corrected chi connectivity index (χ1v) is 5.00. The highest BCUT2D eigenvalue weighted by atomic mass is 32.1. The first kappa shape index (κ1) is 8.90. The summed E-state index contributed by atoms with van der Waals surface area (Å²) in [6, 6.07) is 0. The van der Waals surface area contributed by atoms with Crippen molar-refractivity contribution in [2.45, 2.75) is 19.3 Å². The molecule has 1 aliphatic rings. The summed E-state index contributed by atoms with van der Waals surface area (Å²) in [5, 5.41) is 9.98. The van der Waals surface area contributed by atoms with Gasteiger partial charge < -0.3 is 9.73 Å². The number of rotatable bonds is 2. The molecule has 2 rings (SSSR count). The van der Waals surface area contributed by atoms with E-state index in [-0.39, 0.29) is 0 Å². The van der Waals surface area contributed by atoms with Gasteiger partial charge in [0, 0.05) is 6.42 Å². The van der Waals surface area contributed by atoms with E-state index < -0.39 is 0 Å². The number of aromatic amines is 1. The second-order valence-corrected chi connectivity index (χ2v) is 3.79. The smallest absolute Gasteiger partial charge is 0.284 e. The number of hydrogen-bond donors (Lipinski definition) is 2. The summed E-state index contributed by atoms with van der Waals surface area (Å²) in [4.78, 5) is 0.374. The van der Waals surface area contributed by atoms with E-state index >= 15 is 0 Å². The Kier molecular flexibility index (Phi) is 2.75. The minimum atomic E-state index is 0.374. The summed E-state index contributed by atoms with van der Waals surface area (Å²) in [7, 11) is 0. The first-order chi connectivity index (χ1) is 6.34. The van der Waals surface area contributed by atoms with Crippen LogP contribution in [-0.4, -0.2) is 23.3 Å². The largest absolute Gasteiger partial charge is 0.414 e. The van der Waals surface area contributed by atoms with Crippen LogP contribution in [0.5, 0.6) is 0 Å². The predicted molar refractivity (Wildman–Crippen MR) is 51.0 cm³/mol. The SMILES string of the molecule is S=c1[nH]nc(CC2CCCNC2)o1. The third-order valence-electron chi connectivity index (χ3n) is 2.34. The Bertz CT molecular complexity index is 313. The van der Waals surface area contributed by atoms with Crippen LogP contribution >= 0.6 is 12.2 Å². The second-order valence-electron chi connectivity index (χ2n) is 3.42. The first-order valence-electron chi connectivity index (χ1n) is 4.59. The molecule has 0 amide bonds. The minimum Gasteiger partial charge on any atom is -0.414 e. The van der Waals surface area contributed by atoms with Crippen molar-refractivity contribution < 1.29 is 4.42 Å². The maximum absolute atomic E-state index is 5.21. The zero-order valence-electron chi connectivity index (χ0n) is 7.38. The molecule has 1 atom stereocenters. The fraction of sp³-hybridized carbons (Fsp3) is 0.750. The van der Waals surface area contributed by atoms with E-state index in [2.05, 4.69) is 15.5 Å². The molecule has 1 fully saturated rings. The Morgan fingerprint density at radius 2 is 2.54 bits per heavy atom. The summed E-state index contributed by atoms with van der Waals surface area (Å²) < 4.78 is 5.21. The normalized spacial score (nSPS) is 23.2. The molecule has 1 unspecified atom stereocenters. The zero-order valence-corrected chi connectivity index (χ0v) is 8.19. The van der Waals surface area contributed by atoms with Crippen LogP contribution in [-0.2, 0) is 6.42 Å². The van der Waals surface area contributed by atoms with Gasteiger partial charge in [-0.2, -0.15) is 0 Å². The number of nitrogens with zero attached hydrogens (tertiary/aromatic N) is 1. The molecule has 0 aliphatic carbocycles. The number of piperidine rings is 1. The lowest BCUT2D eigenvalue weighted by Crippen LogP contribution is -2.30. The van der Waals surface area contributed by atoms with Gasteiger partial charge in [-0.05, 0) is 44.1 Å². The van der Waals surface area contributed by atoms with Crippen molar-refractivity contribution in [2.24, 2.45) is 5.92 Å². The fourth-order valence-corrected chi connectivity index (χ4v) is 1.83. The minimum absolute atomic E-state index is 0.374. The van der Waals surface area contributed by atoms with E-state index in [9.17, 15) is 0 Å². The van der Waals surface area contributed by atoms with Crippen molar-refractivity contribution in [1.29, 1.82) is 0 Å². The Labute approximate surface area is 81.7 Å². The predicted octanol–water partition coefficient (Wildman–Crippen LogP) is 1.27. The van der Waals surface area contributed by atoms with Gasteiger partial charge >= 0.3 is 0 Å². The molecule has 1 aromatic heterocycles. The van der Waals surface area contributed by atoms with Crippen molar-refractivity contribution >= 4 is 12.2 Å². The standard InChI is InChI=1S/C8H13N3OS/c13-8-11-10-7(12-8)4-6-2-1-3-9-5-6/h6,9H,1-5H2,(H,11,13). The Morgan fingerprint density at radius 3 is 3.15 bits per heavy atom. The Morgan fingerprint density at radius 1 is 1.62 bits per heavy atom. The van der Waals surface area contributed by atoms with E-state index in [4.69, 9.17) is 16.6 Å². The van der Waals surface area contributed by atoms with Gasteiger partial charge in [-0.15, -0.1) is 5.10 Å². The molecule has 1 aromatic rings. The highest BCUT2D eigenvalue weighted by Gasteiger charge is 2.15. The van der Waals surface area contributed by atoms with Crippen LogP contribution in [0.2, 0.25) is 0 Å². The molecule has 72 valence electrons. The maximum atomic E-state index is 5.21. The molecule has 0 aromatic carbocycles. The van der Waals surface area contributed by atoms with Crippen LogP contribution in [0.4, 0.5) is 0 Å². The summed E-state index contributed by atoms with van der Waals surface area (Å²) in [5.41, 5.74) is 0. The van der Waals surface area contributed by atoms with Crippen molar-refractivity contribution in [3.8, 4) is 0 Å². The van der Waals surface area contributed by atoms with Gasteiger partial charge in [-0.25, -0.2) is 5.10 Å². The maximum Gasteiger partial charge on any atom is 0.284 e. The molecule has 5 heteroatoms. The van der Waals surface area contributed by atoms with Crippen LogP contribution in [0.3, 0.4) is 0 Å². The van der Waals surface area contributed by atoms with Crippen molar-refractivity contribution in [3.05, 3.63) is 10.7 Å². The topological polar surface area (TPSA) is 53.9 Å². The highest BCUT2D eigenvalue weighted by molar-refractivity contribution is 7.71. The van der Waals surface area contributed by atoms with E-state index in [1.54, 1.807) is 0 Å². The van der Waals surface area contributed by atoms with Crippen LogP contribution in [0.25, 0.3) is 0 Å². The zero-order chi connectivity index (χ0) is 9.10. The van der Waals surface area contributed by atoms with Gasteiger partial charge in [0.15, 0.2) is 0 Å². The molecule has 13 heavy (non-hydrogen) atoms. The average molecular weight is 199 g/mol. The van der Waals surface area contributed by atoms with E-state index in [0.29, 0.717) is 10.8 Å². The summed E-state index contributed by atoms with van der Waals surface area (Å²) in [6.07, 6.45) is 3.39. The monoisotopic (exact) mass is 199 g/mol. The lowest BCUT2D eigenvalue weighted by molar-refractivity contribution is 0.343. The molecule has 0 radical (unpaired) electrons. The number of hydrogen-bond acceptors (Lipinski definition) is 4. The Balaban J connectivity index is 1.93. The lowest BCUT2D eigenvalue weighted by Gasteiger charge is -2.20. The summed E-state index contributed by atoms with van der Waals surface area (Å²) in [6.45, 7) is 2.20. The molecule has 2 heterocycles. The highest BCUT2D eigenvalue weighted by Crippen LogP contribution is 2.14. The van der Waals surface area contributed by atoms with Crippen molar-refractivity contribution in [1.82, 2.24) is 15.5 Å². The van der Waals surface area contributed by atoms with Crippen molar-refractivity contribution in [2.75, 3.05) is 13.1 Å². The number of H-pyrrole nitrogens is 1. The summed E-state index contributed by atoms with van der Waals surface area (Å²) in [5.74, 6) is 1.38. The van der Waals surface area contributed by atoms with E-state index in [1.807, 2.05) is 0 Å². The van der Waals surface area contributed by atoms with Crippen LogP contribution in [0.15, 0.2) is 4.42 Å². The van der Waals surface area contributed by atoms with Gasteiger partial charge in [-0.1, -0.05) is 0 Å². The van der Waals surface area contributed by atoms with Gasteiger partial charge in [0.2, 0.25) is 5.89 Å². The molecule has 1 saturated heterocycles. The van der Waals surface area contributed by atoms with Crippen LogP contribution in [0.1, 0.15) is 18.7 Å². The third-order valence-corrected chi connectivity index (χ3v) is 2.52. The van der Waals surface area contributed by atoms with Crippen LogP contribution in [0, 0.1) is 10.8 Å². The summed E-state index contributed by atoms with van der Waals surface area (Å²) >= 11 is 4.80. The molecule has 4 nitrogen and oxygen atoms in total. The molecule has 2 N–H and O–H groups in total. The van der Waals surface area contributed by atoms with Crippen molar-refractivity contribution in [3.63, 3.8) is 0 Å². The lowest BCUT2D eigenvalue weighted by atomic mass is 9.96. The molecular weight excluding hydrogens is 186 g/mol.